The number of ether oxygens (including phenoxy) is 1. The minimum atomic E-state index is -0.252. The Morgan fingerprint density at radius 2 is 1.74 bits per heavy atom. The fraction of sp³-hybridized carbons (Fsp3) is 0.250. The van der Waals surface area contributed by atoms with Gasteiger partial charge in [-0.15, -0.1) is 0 Å². The van der Waals surface area contributed by atoms with Crippen LogP contribution >= 0.6 is 0 Å². The van der Waals surface area contributed by atoms with E-state index in [0.717, 1.165) is 41.8 Å². The number of phenolic OH excluding ortho intramolecular Hbond substituents is 1. The van der Waals surface area contributed by atoms with Crippen LogP contribution < -0.4 is 4.74 Å². The molecule has 2 heterocycles. The van der Waals surface area contributed by atoms with Crippen LogP contribution in [-0.4, -0.2) is 53.3 Å². The van der Waals surface area contributed by atoms with Crippen molar-refractivity contribution >= 4 is 16.7 Å². The van der Waals surface area contributed by atoms with Crippen LogP contribution in [0.4, 0.5) is 4.39 Å². The molecule has 0 aliphatic carbocycles. The fourth-order valence-electron chi connectivity index (χ4n) is 4.68. The molecule has 1 aromatic heterocycles. The number of alkyl halides is 1. The Bertz CT molecular complexity index is 1310. The van der Waals surface area contributed by atoms with Crippen molar-refractivity contribution in [1.29, 1.82) is 0 Å². The highest BCUT2D eigenvalue weighted by molar-refractivity contribution is 6.20. The van der Waals surface area contributed by atoms with Gasteiger partial charge in [0.2, 0.25) is 0 Å². The van der Waals surface area contributed by atoms with Crippen LogP contribution in [0.2, 0.25) is 0 Å². The number of likely N-dealkylation sites (tertiary alicyclic amines) is 1. The van der Waals surface area contributed by atoms with E-state index in [4.69, 9.17) is 4.74 Å². The van der Waals surface area contributed by atoms with Crippen molar-refractivity contribution in [2.24, 2.45) is 13.0 Å². The number of hydrogen-bond donors (Lipinski definition) is 1. The number of aromatic hydroxyl groups is 1. The highest BCUT2D eigenvalue weighted by Crippen LogP contribution is 2.35. The number of benzene rings is 3. The Hall–Kier alpha value is -3.64. The zero-order chi connectivity index (χ0) is 23.7. The Morgan fingerprint density at radius 1 is 1.03 bits per heavy atom. The minimum Gasteiger partial charge on any atom is -0.508 e. The molecule has 1 aliphatic rings. The van der Waals surface area contributed by atoms with Crippen molar-refractivity contribution in [3.8, 4) is 22.8 Å². The third-order valence-electron chi connectivity index (χ3n) is 6.52. The minimum absolute atomic E-state index is 0.0655. The van der Waals surface area contributed by atoms with Gasteiger partial charge in [-0.2, -0.15) is 0 Å². The molecule has 0 atom stereocenters. The summed E-state index contributed by atoms with van der Waals surface area (Å²) in [5.41, 5.74) is 3.86. The first-order chi connectivity index (χ1) is 16.5. The number of carbonyl (C=O) groups is 1. The van der Waals surface area contributed by atoms with E-state index in [2.05, 4.69) is 4.90 Å². The summed E-state index contributed by atoms with van der Waals surface area (Å²) >= 11 is 0. The number of phenols is 1. The van der Waals surface area contributed by atoms with Gasteiger partial charge in [0, 0.05) is 49.1 Å². The SMILES string of the molecule is Cn1c(-c2ccc(O)cc2)c(C(=O)c2ccc(OCCN3CC(CF)C3)cc2)c2ccccc21. The molecule has 0 amide bonds. The fourth-order valence-corrected chi connectivity index (χ4v) is 4.68. The van der Waals surface area contributed by atoms with Crippen LogP contribution in [0.25, 0.3) is 22.2 Å². The maximum absolute atomic E-state index is 13.7. The van der Waals surface area contributed by atoms with Crippen LogP contribution in [0.15, 0.2) is 72.8 Å². The van der Waals surface area contributed by atoms with Gasteiger partial charge < -0.3 is 14.4 Å². The molecule has 3 aromatic carbocycles. The molecule has 5 nitrogen and oxygen atoms in total. The van der Waals surface area contributed by atoms with Crippen LogP contribution in [0.1, 0.15) is 15.9 Å². The number of fused-ring (bicyclic) bond motifs is 1. The zero-order valence-electron chi connectivity index (χ0n) is 19.1. The van der Waals surface area contributed by atoms with E-state index in [1.807, 2.05) is 60.1 Å². The molecule has 0 saturated carbocycles. The summed E-state index contributed by atoms with van der Waals surface area (Å²) in [6.07, 6.45) is 0. The second-order valence-corrected chi connectivity index (χ2v) is 8.83. The number of carbonyl (C=O) groups excluding carboxylic acids is 1. The van der Waals surface area contributed by atoms with Crippen LogP contribution in [-0.2, 0) is 7.05 Å². The third kappa shape index (κ3) is 4.17. The van der Waals surface area contributed by atoms with Crippen molar-refractivity contribution in [3.63, 3.8) is 0 Å². The molecule has 1 N–H and O–H groups in total. The van der Waals surface area contributed by atoms with Crippen molar-refractivity contribution in [2.75, 3.05) is 32.9 Å². The first-order valence-corrected chi connectivity index (χ1v) is 11.5. The molecule has 0 bridgehead atoms. The van der Waals surface area contributed by atoms with Gasteiger partial charge >= 0.3 is 0 Å². The highest BCUT2D eigenvalue weighted by atomic mass is 19.1. The predicted octanol–water partition coefficient (Wildman–Crippen LogP) is 5.06. The number of rotatable bonds is 8. The van der Waals surface area contributed by atoms with E-state index in [1.165, 1.54) is 0 Å². The van der Waals surface area contributed by atoms with Crippen molar-refractivity contribution in [1.82, 2.24) is 9.47 Å². The molecule has 0 spiro atoms. The Labute approximate surface area is 198 Å². The molecule has 5 rings (SSSR count). The van der Waals surface area contributed by atoms with E-state index in [0.29, 0.717) is 23.5 Å². The van der Waals surface area contributed by atoms with Gasteiger partial charge in [0.1, 0.15) is 18.1 Å². The predicted molar refractivity (Wildman–Crippen MR) is 131 cm³/mol. The molecule has 34 heavy (non-hydrogen) atoms. The van der Waals surface area contributed by atoms with Gasteiger partial charge in [-0.1, -0.05) is 18.2 Å². The van der Waals surface area contributed by atoms with Gasteiger partial charge in [0.05, 0.1) is 17.9 Å². The summed E-state index contributed by atoms with van der Waals surface area (Å²) in [5.74, 6) is 0.994. The quantitative estimate of drug-likeness (QED) is 0.375. The van der Waals surface area contributed by atoms with Crippen molar-refractivity contribution in [3.05, 3.63) is 83.9 Å². The van der Waals surface area contributed by atoms with Gasteiger partial charge in [0.15, 0.2) is 5.78 Å². The first-order valence-electron chi connectivity index (χ1n) is 11.5. The van der Waals surface area contributed by atoms with E-state index in [9.17, 15) is 14.3 Å². The summed E-state index contributed by atoms with van der Waals surface area (Å²) < 4.78 is 20.4. The normalized spacial score (nSPS) is 14.3. The zero-order valence-corrected chi connectivity index (χ0v) is 19.1. The summed E-state index contributed by atoms with van der Waals surface area (Å²) in [6, 6.07) is 22.0. The van der Waals surface area contributed by atoms with Crippen LogP contribution in [0.3, 0.4) is 0 Å². The van der Waals surface area contributed by atoms with Crippen LogP contribution in [0.5, 0.6) is 11.5 Å². The smallest absolute Gasteiger partial charge is 0.195 e. The summed E-state index contributed by atoms with van der Waals surface area (Å²) in [7, 11) is 1.95. The number of ketones is 1. The lowest BCUT2D eigenvalue weighted by molar-refractivity contribution is 0.0668. The lowest BCUT2D eigenvalue weighted by atomic mass is 9.97. The van der Waals surface area contributed by atoms with E-state index in [1.54, 1.807) is 24.3 Å². The third-order valence-corrected chi connectivity index (χ3v) is 6.52. The molecule has 0 unspecified atom stereocenters. The number of halogens is 1. The molecule has 0 radical (unpaired) electrons. The van der Waals surface area contributed by atoms with Crippen LogP contribution in [0, 0.1) is 5.92 Å². The average molecular weight is 459 g/mol. The summed E-state index contributed by atoms with van der Waals surface area (Å²) in [5, 5.41) is 10.6. The molecule has 1 aliphatic heterocycles. The maximum Gasteiger partial charge on any atom is 0.195 e. The summed E-state index contributed by atoms with van der Waals surface area (Å²) in [4.78, 5) is 15.9. The monoisotopic (exact) mass is 458 g/mol. The second-order valence-electron chi connectivity index (χ2n) is 8.83. The molecule has 174 valence electrons. The van der Waals surface area contributed by atoms with Gasteiger partial charge in [-0.05, 0) is 60.2 Å². The molecule has 1 fully saturated rings. The lowest BCUT2D eigenvalue weighted by Crippen LogP contribution is -2.49. The summed E-state index contributed by atoms with van der Waals surface area (Å²) in [6.45, 7) is 2.63. The van der Waals surface area contributed by atoms with Gasteiger partial charge in [-0.3, -0.25) is 14.1 Å². The standard InChI is InChI=1S/C28H27FN2O3/c1-30-25-5-3-2-4-24(25)26(27(30)20-6-10-22(32)11-7-20)28(33)21-8-12-23(13-9-21)34-15-14-31-17-19(16-29)18-31/h2-13,19,32H,14-18H2,1H3. The largest absolute Gasteiger partial charge is 0.508 e. The lowest BCUT2D eigenvalue weighted by Gasteiger charge is -2.37. The van der Waals surface area contributed by atoms with Crippen molar-refractivity contribution < 1.29 is 19.0 Å². The number of nitrogens with zero attached hydrogens (tertiary/aromatic N) is 2. The highest BCUT2D eigenvalue weighted by Gasteiger charge is 2.26. The second kappa shape index (κ2) is 9.31. The maximum atomic E-state index is 13.7. The van der Waals surface area contributed by atoms with Gasteiger partial charge in [0.25, 0.3) is 0 Å². The molecular weight excluding hydrogens is 431 g/mol. The number of aromatic nitrogens is 1. The average Bonchev–Trinajstić information content (AvgIpc) is 3.13. The molecular formula is C28H27FN2O3. The Morgan fingerprint density at radius 3 is 2.44 bits per heavy atom. The molecule has 4 aromatic rings. The first kappa shape index (κ1) is 22.2. The van der Waals surface area contributed by atoms with E-state index >= 15 is 0 Å². The number of hydrogen-bond acceptors (Lipinski definition) is 4. The number of para-hydroxylation sites is 1. The van der Waals surface area contributed by atoms with Crippen molar-refractivity contribution in [2.45, 2.75) is 0 Å². The molecule has 6 heteroatoms. The molecule has 1 saturated heterocycles. The van der Waals surface area contributed by atoms with E-state index in [-0.39, 0.29) is 24.1 Å². The Balaban J connectivity index is 1.39. The number of aryl methyl sites for hydroxylation is 1. The Kier molecular flexibility index (Phi) is 6.07. The van der Waals surface area contributed by atoms with E-state index < -0.39 is 0 Å². The topological polar surface area (TPSA) is 54.7 Å². The van der Waals surface area contributed by atoms with Gasteiger partial charge in [-0.25, -0.2) is 0 Å².